The van der Waals surface area contributed by atoms with Crippen LogP contribution in [0.2, 0.25) is 0 Å². The van der Waals surface area contributed by atoms with E-state index in [1.54, 1.807) is 4.31 Å². The monoisotopic (exact) mass is 296 g/mol. The van der Waals surface area contributed by atoms with Gasteiger partial charge in [0.05, 0.1) is 17.5 Å². The van der Waals surface area contributed by atoms with Gasteiger partial charge in [-0.05, 0) is 38.3 Å². The second kappa shape index (κ2) is 6.68. The van der Waals surface area contributed by atoms with E-state index >= 15 is 0 Å². The van der Waals surface area contributed by atoms with E-state index in [1.165, 1.54) is 0 Å². The van der Waals surface area contributed by atoms with Crippen molar-refractivity contribution in [2.45, 2.75) is 52.0 Å². The van der Waals surface area contributed by atoms with E-state index in [1.807, 2.05) is 25.1 Å². The lowest BCUT2D eigenvalue weighted by atomic mass is 10.1. The number of nitrogens with zero attached hydrogens (tertiary/aromatic N) is 2. The van der Waals surface area contributed by atoms with Gasteiger partial charge < -0.3 is 0 Å². The van der Waals surface area contributed by atoms with Crippen molar-refractivity contribution >= 4 is 10.0 Å². The molecule has 0 spiro atoms. The quantitative estimate of drug-likeness (QED) is 0.758. The summed E-state index contributed by atoms with van der Waals surface area (Å²) in [5, 5.41) is 0. The van der Waals surface area contributed by atoms with Crippen molar-refractivity contribution in [3.8, 4) is 0 Å². The van der Waals surface area contributed by atoms with Gasteiger partial charge in [0.1, 0.15) is 0 Å². The molecule has 1 fully saturated rings. The van der Waals surface area contributed by atoms with Gasteiger partial charge in [-0.3, -0.25) is 4.98 Å². The van der Waals surface area contributed by atoms with Gasteiger partial charge in [-0.25, -0.2) is 8.42 Å². The number of sulfonamides is 1. The number of unbranched alkanes of at least 4 members (excludes halogenated alkanes) is 2. The molecule has 0 bridgehead atoms. The molecule has 0 amide bonds. The van der Waals surface area contributed by atoms with Crippen LogP contribution in [-0.4, -0.2) is 30.0 Å². The Balaban J connectivity index is 2.14. The third-order valence-corrected chi connectivity index (χ3v) is 5.77. The van der Waals surface area contributed by atoms with E-state index in [-0.39, 0.29) is 11.8 Å². The van der Waals surface area contributed by atoms with Crippen molar-refractivity contribution in [3.05, 3.63) is 29.6 Å². The maximum Gasteiger partial charge on any atom is 0.214 e. The average Bonchev–Trinajstić information content (AvgIpc) is 2.89. The third kappa shape index (κ3) is 3.58. The first kappa shape index (κ1) is 15.4. The number of aromatic nitrogens is 1. The van der Waals surface area contributed by atoms with Crippen LogP contribution in [0.3, 0.4) is 0 Å². The van der Waals surface area contributed by atoms with Crippen molar-refractivity contribution in [3.63, 3.8) is 0 Å². The van der Waals surface area contributed by atoms with Crippen LogP contribution in [0, 0.1) is 6.92 Å². The standard InChI is InChI=1S/C15H24N2O2S/c1-3-4-5-12-20(18,19)17-11-7-10-15(17)14-9-6-8-13(2)16-14/h6,8-9,15H,3-5,7,10-12H2,1-2H3/t15-/m0/s1. The molecule has 1 atom stereocenters. The van der Waals surface area contributed by atoms with Gasteiger partial charge in [0.25, 0.3) is 0 Å². The third-order valence-electron chi connectivity index (χ3n) is 3.82. The van der Waals surface area contributed by atoms with Crippen molar-refractivity contribution in [2.24, 2.45) is 0 Å². The van der Waals surface area contributed by atoms with Crippen LogP contribution in [0.5, 0.6) is 0 Å². The van der Waals surface area contributed by atoms with Crippen LogP contribution in [-0.2, 0) is 10.0 Å². The van der Waals surface area contributed by atoms with Gasteiger partial charge in [-0.15, -0.1) is 0 Å². The topological polar surface area (TPSA) is 50.3 Å². The summed E-state index contributed by atoms with van der Waals surface area (Å²) in [4.78, 5) is 4.51. The van der Waals surface area contributed by atoms with Crippen molar-refractivity contribution in [1.29, 1.82) is 0 Å². The summed E-state index contributed by atoms with van der Waals surface area (Å²) in [6, 6.07) is 5.77. The molecule has 112 valence electrons. The highest BCUT2D eigenvalue weighted by atomic mass is 32.2. The van der Waals surface area contributed by atoms with E-state index in [9.17, 15) is 8.42 Å². The summed E-state index contributed by atoms with van der Waals surface area (Å²) in [5.74, 6) is 0.267. The average molecular weight is 296 g/mol. The van der Waals surface area contributed by atoms with E-state index < -0.39 is 10.0 Å². The van der Waals surface area contributed by atoms with Crippen molar-refractivity contribution in [2.75, 3.05) is 12.3 Å². The van der Waals surface area contributed by atoms with Gasteiger partial charge in [-0.2, -0.15) is 4.31 Å². The maximum atomic E-state index is 12.5. The van der Waals surface area contributed by atoms with Gasteiger partial charge in [-0.1, -0.05) is 25.8 Å². The molecule has 1 saturated heterocycles. The second-order valence-corrected chi connectivity index (χ2v) is 7.54. The molecule has 1 aromatic rings. The smallest absolute Gasteiger partial charge is 0.214 e. The molecule has 5 heteroatoms. The minimum atomic E-state index is -3.15. The van der Waals surface area contributed by atoms with Crippen LogP contribution in [0.25, 0.3) is 0 Å². The fraction of sp³-hybridized carbons (Fsp3) is 0.667. The molecule has 0 aliphatic carbocycles. The highest BCUT2D eigenvalue weighted by molar-refractivity contribution is 7.89. The number of hydrogen-bond acceptors (Lipinski definition) is 3. The predicted molar refractivity (Wildman–Crippen MR) is 81.0 cm³/mol. The Kier molecular flexibility index (Phi) is 5.16. The Morgan fingerprint density at radius 2 is 2.15 bits per heavy atom. The van der Waals surface area contributed by atoms with Crippen LogP contribution >= 0.6 is 0 Å². The van der Waals surface area contributed by atoms with E-state index in [0.29, 0.717) is 6.54 Å². The van der Waals surface area contributed by atoms with Gasteiger partial charge in [0.15, 0.2) is 0 Å². The summed E-state index contributed by atoms with van der Waals surface area (Å²) >= 11 is 0. The zero-order chi connectivity index (χ0) is 14.6. The first-order valence-electron chi connectivity index (χ1n) is 7.47. The number of hydrogen-bond donors (Lipinski definition) is 0. The van der Waals surface area contributed by atoms with Crippen LogP contribution in [0.4, 0.5) is 0 Å². The molecule has 1 aliphatic heterocycles. The van der Waals surface area contributed by atoms with Crippen LogP contribution < -0.4 is 0 Å². The molecule has 0 saturated carbocycles. The summed E-state index contributed by atoms with van der Waals surface area (Å²) in [7, 11) is -3.15. The molecule has 2 heterocycles. The molecule has 0 aromatic carbocycles. The number of aryl methyl sites for hydroxylation is 1. The summed E-state index contributed by atoms with van der Waals surface area (Å²) in [6.45, 7) is 4.66. The van der Waals surface area contributed by atoms with Gasteiger partial charge >= 0.3 is 0 Å². The van der Waals surface area contributed by atoms with E-state index in [2.05, 4.69) is 11.9 Å². The largest absolute Gasteiger partial charge is 0.256 e. The van der Waals surface area contributed by atoms with E-state index in [4.69, 9.17) is 0 Å². The number of rotatable bonds is 6. The van der Waals surface area contributed by atoms with Crippen LogP contribution in [0.1, 0.15) is 56.5 Å². The maximum absolute atomic E-state index is 12.5. The fourth-order valence-corrected chi connectivity index (χ4v) is 4.58. The molecule has 1 aliphatic rings. The summed E-state index contributed by atoms with van der Waals surface area (Å²) < 4.78 is 26.6. The second-order valence-electron chi connectivity index (χ2n) is 5.50. The predicted octanol–water partition coefficient (Wildman–Crippen LogP) is 3.05. The lowest BCUT2D eigenvalue weighted by molar-refractivity contribution is 0.389. The van der Waals surface area contributed by atoms with E-state index in [0.717, 1.165) is 43.5 Å². The molecule has 0 radical (unpaired) electrons. The lowest BCUT2D eigenvalue weighted by Gasteiger charge is -2.23. The first-order chi connectivity index (χ1) is 9.54. The Morgan fingerprint density at radius 3 is 2.85 bits per heavy atom. The summed E-state index contributed by atoms with van der Waals surface area (Å²) in [6.07, 6.45) is 4.57. The van der Waals surface area contributed by atoms with Gasteiger partial charge in [0.2, 0.25) is 10.0 Å². The SMILES string of the molecule is CCCCCS(=O)(=O)N1CCC[C@H]1c1cccc(C)n1. The van der Waals surface area contributed by atoms with Gasteiger partial charge in [0, 0.05) is 12.2 Å². The Labute approximate surface area is 122 Å². The molecular formula is C15H24N2O2S. The van der Waals surface area contributed by atoms with Crippen molar-refractivity contribution in [1.82, 2.24) is 9.29 Å². The molecule has 4 nitrogen and oxygen atoms in total. The Morgan fingerprint density at radius 1 is 1.35 bits per heavy atom. The summed E-state index contributed by atoms with van der Waals surface area (Å²) in [5.41, 5.74) is 1.83. The fourth-order valence-electron chi connectivity index (χ4n) is 2.77. The molecular weight excluding hydrogens is 272 g/mol. The zero-order valence-electron chi connectivity index (χ0n) is 12.4. The first-order valence-corrected chi connectivity index (χ1v) is 9.08. The molecule has 20 heavy (non-hydrogen) atoms. The Bertz CT molecular complexity index is 543. The minimum Gasteiger partial charge on any atom is -0.256 e. The highest BCUT2D eigenvalue weighted by Gasteiger charge is 2.35. The molecule has 1 aromatic heterocycles. The zero-order valence-corrected chi connectivity index (χ0v) is 13.2. The molecule has 0 unspecified atom stereocenters. The Hall–Kier alpha value is -0.940. The normalized spacial score (nSPS) is 20.4. The number of pyridine rings is 1. The minimum absolute atomic E-state index is 0.0680. The molecule has 0 N–H and O–H groups in total. The lowest BCUT2D eigenvalue weighted by Crippen LogP contribution is -2.33. The highest BCUT2D eigenvalue weighted by Crippen LogP contribution is 2.33. The van der Waals surface area contributed by atoms with Crippen molar-refractivity contribution < 1.29 is 8.42 Å². The van der Waals surface area contributed by atoms with Crippen LogP contribution in [0.15, 0.2) is 18.2 Å². The molecule has 2 rings (SSSR count).